The summed E-state index contributed by atoms with van der Waals surface area (Å²) in [6.45, 7) is 4.02. The van der Waals surface area contributed by atoms with Crippen LogP contribution in [-0.4, -0.2) is 39.2 Å². The third kappa shape index (κ3) is 3.21. The highest BCUT2D eigenvalue weighted by atomic mass is 16.1. The highest BCUT2D eigenvalue weighted by Gasteiger charge is 2.20. The summed E-state index contributed by atoms with van der Waals surface area (Å²) >= 11 is 0. The summed E-state index contributed by atoms with van der Waals surface area (Å²) in [5.41, 5.74) is 4.34. The number of rotatable bonds is 2. The van der Waals surface area contributed by atoms with E-state index in [1.54, 1.807) is 10.9 Å². The van der Waals surface area contributed by atoms with Crippen molar-refractivity contribution in [2.75, 3.05) is 20.1 Å². The van der Waals surface area contributed by atoms with Gasteiger partial charge in [0.1, 0.15) is 5.49 Å². The molecule has 1 aromatic carbocycles. The van der Waals surface area contributed by atoms with Crippen LogP contribution in [0.15, 0.2) is 41.6 Å². The van der Waals surface area contributed by atoms with E-state index in [0.717, 1.165) is 48.1 Å². The van der Waals surface area contributed by atoms with Gasteiger partial charge in [-0.1, -0.05) is 6.07 Å². The number of hydrogen-bond donors (Lipinski definition) is 1. The molecule has 1 aliphatic rings. The first-order chi connectivity index (χ1) is 12.9. The first-order valence-corrected chi connectivity index (χ1v) is 9.36. The van der Waals surface area contributed by atoms with Gasteiger partial charge in [0.25, 0.3) is 5.56 Å². The molecule has 4 rings (SSSR count). The second-order valence-corrected chi connectivity index (χ2v) is 7.59. The molecule has 2 aromatic heterocycles. The van der Waals surface area contributed by atoms with Crippen molar-refractivity contribution in [1.29, 1.82) is 5.41 Å². The minimum absolute atomic E-state index is 0.0462. The minimum Gasteiger partial charge on any atom is -0.336 e. The first-order valence-electron chi connectivity index (χ1n) is 9.36. The molecular formula is C21H25N5O. The molecular weight excluding hydrogens is 338 g/mol. The molecule has 0 atom stereocenters. The molecule has 1 fully saturated rings. The topological polar surface area (TPSA) is 66.9 Å². The van der Waals surface area contributed by atoms with Crippen molar-refractivity contribution >= 4 is 10.9 Å². The van der Waals surface area contributed by atoms with Crippen LogP contribution < -0.4 is 11.0 Å². The number of likely N-dealkylation sites (tertiary alicyclic amines) is 1. The monoisotopic (exact) mass is 363 g/mol. The van der Waals surface area contributed by atoms with E-state index in [1.165, 1.54) is 0 Å². The van der Waals surface area contributed by atoms with Crippen LogP contribution >= 0.6 is 0 Å². The van der Waals surface area contributed by atoms with Crippen molar-refractivity contribution in [2.24, 2.45) is 7.05 Å². The molecule has 3 heterocycles. The van der Waals surface area contributed by atoms with E-state index < -0.39 is 0 Å². The molecule has 0 spiro atoms. The van der Waals surface area contributed by atoms with E-state index in [9.17, 15) is 4.79 Å². The number of benzene rings is 1. The van der Waals surface area contributed by atoms with Crippen molar-refractivity contribution in [3.05, 3.63) is 58.2 Å². The Balaban J connectivity index is 1.77. The predicted octanol–water partition coefficient (Wildman–Crippen LogP) is 2.46. The van der Waals surface area contributed by atoms with Crippen molar-refractivity contribution in [2.45, 2.75) is 25.8 Å². The van der Waals surface area contributed by atoms with Crippen LogP contribution in [0, 0.1) is 12.3 Å². The maximum Gasteiger partial charge on any atom is 0.261 e. The molecule has 6 heteroatoms. The summed E-state index contributed by atoms with van der Waals surface area (Å²) < 4.78 is 3.60. The maximum absolute atomic E-state index is 13.0. The van der Waals surface area contributed by atoms with Gasteiger partial charge in [-0.2, -0.15) is 0 Å². The average Bonchev–Trinajstić information content (AvgIpc) is 2.66. The molecule has 1 aliphatic heterocycles. The Morgan fingerprint density at radius 1 is 1.15 bits per heavy atom. The number of nitrogens with one attached hydrogen (secondary N) is 1. The largest absolute Gasteiger partial charge is 0.336 e. The Labute approximate surface area is 158 Å². The molecule has 0 amide bonds. The van der Waals surface area contributed by atoms with E-state index in [-0.39, 0.29) is 11.6 Å². The second-order valence-electron chi connectivity index (χ2n) is 7.59. The van der Waals surface area contributed by atoms with Gasteiger partial charge in [0.15, 0.2) is 0 Å². The van der Waals surface area contributed by atoms with Gasteiger partial charge in [-0.05, 0) is 69.2 Å². The van der Waals surface area contributed by atoms with E-state index in [2.05, 4.69) is 16.9 Å². The fraction of sp³-hybridized carbons (Fsp3) is 0.381. The number of nitrogens with zero attached hydrogens (tertiary/aromatic N) is 4. The van der Waals surface area contributed by atoms with Gasteiger partial charge < -0.3 is 9.47 Å². The Kier molecular flexibility index (Phi) is 4.44. The van der Waals surface area contributed by atoms with E-state index >= 15 is 0 Å². The Morgan fingerprint density at radius 3 is 2.63 bits per heavy atom. The number of aryl methyl sites for hydroxylation is 2. The molecule has 0 aliphatic carbocycles. The van der Waals surface area contributed by atoms with Crippen molar-refractivity contribution in [3.8, 4) is 11.1 Å². The molecule has 0 saturated carbocycles. The van der Waals surface area contributed by atoms with E-state index in [4.69, 9.17) is 5.41 Å². The minimum atomic E-state index is 0.0462. The number of pyridine rings is 1. The highest BCUT2D eigenvalue weighted by molar-refractivity contribution is 5.83. The van der Waals surface area contributed by atoms with Gasteiger partial charge in [0, 0.05) is 24.8 Å². The maximum atomic E-state index is 13.0. The predicted molar refractivity (Wildman–Crippen MR) is 107 cm³/mol. The molecule has 6 nitrogen and oxygen atoms in total. The Hall–Kier alpha value is -2.73. The van der Waals surface area contributed by atoms with Crippen LogP contribution in [0.5, 0.6) is 0 Å². The fourth-order valence-corrected chi connectivity index (χ4v) is 3.89. The zero-order valence-electron chi connectivity index (χ0n) is 16.1. The molecule has 0 unspecified atom stereocenters. The van der Waals surface area contributed by atoms with Crippen molar-refractivity contribution in [3.63, 3.8) is 0 Å². The molecule has 1 N–H and O–H groups in total. The second kappa shape index (κ2) is 6.78. The summed E-state index contributed by atoms with van der Waals surface area (Å²) in [4.78, 5) is 19.9. The smallest absolute Gasteiger partial charge is 0.261 e. The van der Waals surface area contributed by atoms with E-state index in [0.29, 0.717) is 10.9 Å². The van der Waals surface area contributed by atoms with Crippen LogP contribution in [0.3, 0.4) is 0 Å². The summed E-state index contributed by atoms with van der Waals surface area (Å²) in [7, 11) is 3.99. The molecule has 27 heavy (non-hydrogen) atoms. The van der Waals surface area contributed by atoms with Crippen LogP contribution in [0.4, 0.5) is 0 Å². The summed E-state index contributed by atoms with van der Waals surface area (Å²) in [6, 6.07) is 7.93. The molecule has 0 radical (unpaired) electrons. The zero-order valence-corrected chi connectivity index (χ0v) is 16.1. The summed E-state index contributed by atoms with van der Waals surface area (Å²) in [5, 5.41) is 8.58. The lowest BCUT2D eigenvalue weighted by molar-refractivity contribution is 0.218. The lowest BCUT2D eigenvalue weighted by Gasteiger charge is -2.30. The van der Waals surface area contributed by atoms with Gasteiger partial charge >= 0.3 is 0 Å². The molecule has 140 valence electrons. The molecule has 0 bridgehead atoms. The van der Waals surface area contributed by atoms with Gasteiger partial charge in [0.05, 0.1) is 17.2 Å². The molecule has 3 aromatic rings. The summed E-state index contributed by atoms with van der Waals surface area (Å²) in [6.07, 6.45) is 5.64. The number of hydrogen-bond acceptors (Lipinski definition) is 4. The third-order valence-corrected chi connectivity index (χ3v) is 5.66. The van der Waals surface area contributed by atoms with Crippen LogP contribution in [0.25, 0.3) is 22.0 Å². The third-order valence-electron chi connectivity index (χ3n) is 5.66. The zero-order chi connectivity index (χ0) is 19.1. The van der Waals surface area contributed by atoms with Gasteiger partial charge in [-0.3, -0.25) is 14.8 Å². The first kappa shape index (κ1) is 17.7. The lowest BCUT2D eigenvalue weighted by atomic mass is 10.0. The average molecular weight is 363 g/mol. The summed E-state index contributed by atoms with van der Waals surface area (Å²) in [5.74, 6) is 0. The Bertz CT molecular complexity index is 1120. The van der Waals surface area contributed by atoms with Crippen molar-refractivity contribution in [1.82, 2.24) is 19.0 Å². The van der Waals surface area contributed by atoms with E-state index in [1.807, 2.05) is 49.0 Å². The molecule has 1 saturated heterocycles. The fourth-order valence-electron chi connectivity index (χ4n) is 3.89. The SMILES string of the molecule is Cc1cc(=N)n(C)cc1-c1ccc2c(=O)n(C3CCN(C)CC3)cnc2c1. The number of fused-ring (bicyclic) bond motifs is 1. The number of aromatic nitrogens is 3. The number of piperidine rings is 1. The highest BCUT2D eigenvalue weighted by Crippen LogP contribution is 2.25. The quantitative estimate of drug-likeness (QED) is 0.760. The standard InChI is InChI=1S/C21H25N5O/c1-14-10-20(22)25(3)12-18(14)15-4-5-17-19(11-15)23-13-26(21(17)27)16-6-8-24(2)9-7-16/h4-5,10-13,16,22H,6-9H2,1-3H3. The van der Waals surface area contributed by atoms with Gasteiger partial charge in [0.2, 0.25) is 0 Å². The van der Waals surface area contributed by atoms with Crippen molar-refractivity contribution < 1.29 is 0 Å². The van der Waals surface area contributed by atoms with Gasteiger partial charge in [-0.15, -0.1) is 0 Å². The lowest BCUT2D eigenvalue weighted by Crippen LogP contribution is -2.35. The van der Waals surface area contributed by atoms with Crippen LogP contribution in [-0.2, 0) is 7.05 Å². The normalized spacial score (nSPS) is 16.1. The Morgan fingerprint density at radius 2 is 1.89 bits per heavy atom. The van der Waals surface area contributed by atoms with Gasteiger partial charge in [-0.25, -0.2) is 4.98 Å². The van der Waals surface area contributed by atoms with Crippen LogP contribution in [0.1, 0.15) is 24.4 Å². The van der Waals surface area contributed by atoms with Crippen LogP contribution in [0.2, 0.25) is 0 Å².